The molecule has 1 fully saturated rings. The van der Waals surface area contributed by atoms with Gasteiger partial charge in [0.25, 0.3) is 0 Å². The van der Waals surface area contributed by atoms with E-state index >= 15 is 0 Å². The van der Waals surface area contributed by atoms with E-state index in [0.717, 1.165) is 18.5 Å². The van der Waals surface area contributed by atoms with E-state index in [1.807, 2.05) is 19.1 Å². The fourth-order valence-electron chi connectivity index (χ4n) is 3.54. The zero-order valence-electron chi connectivity index (χ0n) is 13.6. The van der Waals surface area contributed by atoms with Gasteiger partial charge >= 0.3 is 0 Å². The van der Waals surface area contributed by atoms with E-state index in [1.54, 1.807) is 6.07 Å². The van der Waals surface area contributed by atoms with E-state index in [4.69, 9.17) is 0 Å². The average Bonchev–Trinajstić information content (AvgIpc) is 2.44. The lowest BCUT2D eigenvalue weighted by molar-refractivity contribution is 0.288. The molecular weight excluding hydrogens is 261 g/mol. The van der Waals surface area contributed by atoms with Gasteiger partial charge in [-0.25, -0.2) is 4.39 Å². The minimum absolute atomic E-state index is 0.0920. The minimum Gasteiger partial charge on any atom is -0.310 e. The molecular formula is C19H30FN. The molecule has 1 unspecified atom stereocenters. The van der Waals surface area contributed by atoms with E-state index < -0.39 is 0 Å². The summed E-state index contributed by atoms with van der Waals surface area (Å²) < 4.78 is 13.6. The molecule has 0 heterocycles. The summed E-state index contributed by atoms with van der Waals surface area (Å²) in [5, 5.41) is 3.73. The first-order valence-electron chi connectivity index (χ1n) is 8.71. The standard InChI is InChI=1S/C19H30FN/c1-3-13-21-19(16-9-7-5-4-6-8-10-16)17-11-12-18(20)15(2)14-17/h11-12,14,16,19,21H,3-10,13H2,1-2H3. The second-order valence-electron chi connectivity index (χ2n) is 6.55. The van der Waals surface area contributed by atoms with Crippen LogP contribution in [0.25, 0.3) is 0 Å². The maximum absolute atomic E-state index is 13.6. The van der Waals surface area contributed by atoms with Gasteiger partial charge in [0.1, 0.15) is 5.82 Å². The Bertz CT molecular complexity index is 422. The number of hydrogen-bond acceptors (Lipinski definition) is 1. The smallest absolute Gasteiger partial charge is 0.126 e. The first-order valence-corrected chi connectivity index (χ1v) is 8.71. The van der Waals surface area contributed by atoms with Crippen LogP contribution in [-0.4, -0.2) is 6.54 Å². The summed E-state index contributed by atoms with van der Waals surface area (Å²) in [5.41, 5.74) is 2.04. The molecule has 1 aliphatic rings. The van der Waals surface area contributed by atoms with E-state index in [0.29, 0.717) is 12.0 Å². The van der Waals surface area contributed by atoms with Crippen molar-refractivity contribution in [3.63, 3.8) is 0 Å². The molecule has 118 valence electrons. The number of hydrogen-bond donors (Lipinski definition) is 1. The predicted octanol–water partition coefficient (Wildman–Crippen LogP) is 5.54. The number of nitrogens with one attached hydrogen (secondary N) is 1. The molecule has 0 bridgehead atoms. The lowest BCUT2D eigenvalue weighted by Crippen LogP contribution is -2.29. The van der Waals surface area contributed by atoms with Gasteiger partial charge in [-0.2, -0.15) is 0 Å². The largest absolute Gasteiger partial charge is 0.310 e. The molecule has 1 aromatic carbocycles. The Hall–Kier alpha value is -0.890. The van der Waals surface area contributed by atoms with Crippen molar-refractivity contribution >= 4 is 0 Å². The number of aryl methyl sites for hydroxylation is 1. The molecule has 1 aliphatic carbocycles. The second-order valence-corrected chi connectivity index (χ2v) is 6.55. The van der Waals surface area contributed by atoms with Crippen LogP contribution in [0.2, 0.25) is 0 Å². The van der Waals surface area contributed by atoms with Crippen LogP contribution in [0, 0.1) is 18.7 Å². The van der Waals surface area contributed by atoms with Gasteiger partial charge in [0.05, 0.1) is 0 Å². The van der Waals surface area contributed by atoms with Crippen LogP contribution < -0.4 is 5.32 Å². The molecule has 21 heavy (non-hydrogen) atoms. The molecule has 0 aliphatic heterocycles. The molecule has 1 nitrogen and oxygen atoms in total. The quantitative estimate of drug-likeness (QED) is 0.751. The first kappa shape index (κ1) is 16.5. The molecule has 0 amide bonds. The van der Waals surface area contributed by atoms with Crippen molar-refractivity contribution < 1.29 is 4.39 Å². The van der Waals surface area contributed by atoms with Gasteiger partial charge in [-0.15, -0.1) is 0 Å². The van der Waals surface area contributed by atoms with Crippen molar-refractivity contribution in [1.82, 2.24) is 5.32 Å². The fourth-order valence-corrected chi connectivity index (χ4v) is 3.54. The van der Waals surface area contributed by atoms with Gasteiger partial charge in [0.2, 0.25) is 0 Å². The summed E-state index contributed by atoms with van der Waals surface area (Å²) in [6, 6.07) is 6.05. The fraction of sp³-hybridized carbons (Fsp3) is 0.684. The molecule has 1 aromatic rings. The maximum Gasteiger partial charge on any atom is 0.126 e. The Morgan fingerprint density at radius 3 is 2.43 bits per heavy atom. The molecule has 2 heteroatoms. The summed E-state index contributed by atoms with van der Waals surface area (Å²) in [4.78, 5) is 0. The molecule has 1 saturated carbocycles. The number of benzene rings is 1. The van der Waals surface area contributed by atoms with Crippen LogP contribution in [0.5, 0.6) is 0 Å². The van der Waals surface area contributed by atoms with Crippen LogP contribution in [0.4, 0.5) is 4.39 Å². The third-order valence-corrected chi connectivity index (χ3v) is 4.78. The zero-order valence-corrected chi connectivity index (χ0v) is 13.6. The molecule has 1 atom stereocenters. The van der Waals surface area contributed by atoms with Crippen LogP contribution in [0.1, 0.15) is 75.5 Å². The third kappa shape index (κ3) is 4.81. The van der Waals surface area contributed by atoms with Crippen LogP contribution in [0.3, 0.4) is 0 Å². The second kappa shape index (κ2) is 8.53. The van der Waals surface area contributed by atoms with E-state index in [-0.39, 0.29) is 5.82 Å². The van der Waals surface area contributed by atoms with Crippen molar-refractivity contribution in [1.29, 1.82) is 0 Å². The van der Waals surface area contributed by atoms with Crippen molar-refractivity contribution in [3.8, 4) is 0 Å². The van der Waals surface area contributed by atoms with Crippen LogP contribution >= 0.6 is 0 Å². The van der Waals surface area contributed by atoms with Crippen molar-refractivity contribution in [3.05, 3.63) is 35.1 Å². The van der Waals surface area contributed by atoms with Crippen molar-refractivity contribution in [2.75, 3.05) is 6.54 Å². The highest BCUT2D eigenvalue weighted by Crippen LogP contribution is 2.33. The van der Waals surface area contributed by atoms with Gasteiger partial charge in [-0.3, -0.25) is 0 Å². The molecule has 0 spiro atoms. The Morgan fingerprint density at radius 1 is 1.14 bits per heavy atom. The highest BCUT2D eigenvalue weighted by Gasteiger charge is 2.23. The Labute approximate surface area is 129 Å². The summed E-state index contributed by atoms with van der Waals surface area (Å²) in [7, 11) is 0. The third-order valence-electron chi connectivity index (χ3n) is 4.78. The number of rotatable bonds is 5. The summed E-state index contributed by atoms with van der Waals surface area (Å²) in [6.07, 6.45) is 10.6. The topological polar surface area (TPSA) is 12.0 Å². The number of halogens is 1. The SMILES string of the molecule is CCCNC(c1ccc(F)c(C)c1)C1CCCCCCC1. The monoisotopic (exact) mass is 291 g/mol. The highest BCUT2D eigenvalue weighted by molar-refractivity contribution is 5.27. The molecule has 0 aromatic heterocycles. The maximum atomic E-state index is 13.6. The first-order chi connectivity index (χ1) is 10.2. The molecule has 2 rings (SSSR count). The Balaban J connectivity index is 2.16. The lowest BCUT2D eigenvalue weighted by atomic mass is 9.82. The van der Waals surface area contributed by atoms with Gasteiger partial charge in [0, 0.05) is 6.04 Å². The van der Waals surface area contributed by atoms with E-state index in [1.165, 1.54) is 50.5 Å². The van der Waals surface area contributed by atoms with E-state index in [9.17, 15) is 4.39 Å². The molecule has 1 N–H and O–H groups in total. The molecule has 0 saturated heterocycles. The molecule has 0 radical (unpaired) electrons. The van der Waals surface area contributed by atoms with Crippen LogP contribution in [0.15, 0.2) is 18.2 Å². The van der Waals surface area contributed by atoms with Gasteiger partial charge in [0.15, 0.2) is 0 Å². The summed E-state index contributed by atoms with van der Waals surface area (Å²) in [5.74, 6) is 0.604. The van der Waals surface area contributed by atoms with Gasteiger partial charge < -0.3 is 5.32 Å². The zero-order chi connectivity index (χ0) is 15.1. The van der Waals surface area contributed by atoms with Crippen molar-refractivity contribution in [2.24, 2.45) is 5.92 Å². The minimum atomic E-state index is -0.0920. The van der Waals surface area contributed by atoms with Crippen LogP contribution in [-0.2, 0) is 0 Å². The van der Waals surface area contributed by atoms with Gasteiger partial charge in [-0.1, -0.05) is 51.2 Å². The normalized spacial score (nSPS) is 19.0. The summed E-state index contributed by atoms with van der Waals surface area (Å²) in [6.45, 7) is 5.11. The average molecular weight is 291 g/mol. The highest BCUT2D eigenvalue weighted by atomic mass is 19.1. The Morgan fingerprint density at radius 2 is 1.81 bits per heavy atom. The van der Waals surface area contributed by atoms with E-state index in [2.05, 4.69) is 12.2 Å². The summed E-state index contributed by atoms with van der Waals surface area (Å²) >= 11 is 0. The van der Waals surface area contributed by atoms with Crippen molar-refractivity contribution in [2.45, 2.75) is 71.3 Å². The Kier molecular flexibility index (Phi) is 6.69. The predicted molar refractivity (Wildman–Crippen MR) is 88.0 cm³/mol. The lowest BCUT2D eigenvalue weighted by Gasteiger charge is -2.30. The van der Waals surface area contributed by atoms with Gasteiger partial charge in [-0.05, 0) is 55.8 Å².